The number of urea groups is 2. The molecule has 0 aliphatic heterocycles. The van der Waals surface area contributed by atoms with Gasteiger partial charge in [-0.05, 0) is 30.7 Å². The van der Waals surface area contributed by atoms with Crippen molar-refractivity contribution >= 4 is 33.9 Å². The molecule has 1 atom stereocenters. The lowest BCUT2D eigenvalue weighted by Crippen LogP contribution is -2.50. The van der Waals surface area contributed by atoms with Crippen molar-refractivity contribution in [2.45, 2.75) is 23.8 Å². The maximum absolute atomic E-state index is 12.4. The molecule has 0 aliphatic carbocycles. The molecule has 12 nitrogen and oxygen atoms in total. The predicted octanol–water partition coefficient (Wildman–Crippen LogP) is -1.49. The zero-order chi connectivity index (χ0) is 20.6. The Morgan fingerprint density at radius 2 is 1.59 bits per heavy atom. The predicted molar refractivity (Wildman–Crippen MR) is 91.8 cm³/mol. The van der Waals surface area contributed by atoms with Gasteiger partial charge in [0.15, 0.2) is 0 Å². The largest absolute Gasteiger partial charge is 0.497 e. The highest BCUT2D eigenvalue weighted by molar-refractivity contribution is 7.89. The first-order chi connectivity index (χ1) is 12.5. The number of methoxy groups -OCH3 is 1. The third kappa shape index (κ3) is 7.29. The molecule has 7 N–H and O–H groups in total. The minimum atomic E-state index is -4.18. The molecule has 0 bridgehead atoms. The first-order valence-electron chi connectivity index (χ1n) is 7.41. The van der Waals surface area contributed by atoms with Crippen molar-refractivity contribution in [2.75, 3.05) is 7.11 Å². The minimum Gasteiger partial charge on any atom is -0.497 e. The van der Waals surface area contributed by atoms with Crippen LogP contribution in [0.15, 0.2) is 29.2 Å². The molecule has 0 unspecified atom stereocenters. The number of hydrogen-bond donors (Lipinski definition) is 5. The van der Waals surface area contributed by atoms with Crippen molar-refractivity contribution in [3.8, 4) is 5.75 Å². The van der Waals surface area contributed by atoms with Crippen LogP contribution in [0, 0.1) is 0 Å². The molecule has 6 amide bonds. The Hall–Kier alpha value is -3.19. The first kappa shape index (κ1) is 21.9. The van der Waals surface area contributed by atoms with Crippen molar-refractivity contribution in [3.05, 3.63) is 24.3 Å². The van der Waals surface area contributed by atoms with E-state index >= 15 is 0 Å². The van der Waals surface area contributed by atoms with E-state index in [-0.39, 0.29) is 11.3 Å². The quantitative estimate of drug-likeness (QED) is 0.349. The molecule has 0 radical (unpaired) electrons. The molecule has 0 saturated carbocycles. The summed E-state index contributed by atoms with van der Waals surface area (Å²) in [6.45, 7) is 0. The van der Waals surface area contributed by atoms with Gasteiger partial charge >= 0.3 is 12.1 Å². The van der Waals surface area contributed by atoms with E-state index in [0.717, 1.165) is 0 Å². The molecule has 0 spiro atoms. The molecule has 0 fully saturated rings. The number of nitrogens with one attached hydrogen (secondary N) is 3. The van der Waals surface area contributed by atoms with E-state index in [4.69, 9.17) is 16.2 Å². The van der Waals surface area contributed by atoms with Crippen LogP contribution in [-0.4, -0.2) is 45.4 Å². The van der Waals surface area contributed by atoms with Gasteiger partial charge in [-0.15, -0.1) is 0 Å². The smallest absolute Gasteiger partial charge is 0.318 e. The van der Waals surface area contributed by atoms with E-state index in [1.165, 1.54) is 31.4 Å². The van der Waals surface area contributed by atoms with Gasteiger partial charge in [-0.1, -0.05) is 0 Å². The molecular weight excluding hydrogens is 382 g/mol. The van der Waals surface area contributed by atoms with E-state index in [1.54, 1.807) is 10.6 Å². The lowest BCUT2D eigenvalue weighted by atomic mass is 10.1. The molecule has 27 heavy (non-hydrogen) atoms. The zero-order valence-corrected chi connectivity index (χ0v) is 15.0. The first-order valence-corrected chi connectivity index (χ1v) is 8.89. The Bertz CT molecular complexity index is 823. The van der Waals surface area contributed by atoms with Crippen LogP contribution in [0.3, 0.4) is 0 Å². The van der Waals surface area contributed by atoms with Crippen LogP contribution in [-0.2, 0) is 19.6 Å². The molecule has 0 aromatic heterocycles. The third-order valence-electron chi connectivity index (χ3n) is 3.15. The van der Waals surface area contributed by atoms with Crippen molar-refractivity contribution in [1.82, 2.24) is 15.4 Å². The van der Waals surface area contributed by atoms with Crippen LogP contribution < -0.4 is 31.6 Å². The average Bonchev–Trinajstić information content (AvgIpc) is 2.57. The molecule has 13 heteroatoms. The highest BCUT2D eigenvalue weighted by Gasteiger charge is 2.27. The average molecular weight is 401 g/mol. The minimum absolute atomic E-state index is 0.179. The number of hydrogen-bond acceptors (Lipinski definition) is 7. The van der Waals surface area contributed by atoms with Gasteiger partial charge in [-0.2, -0.15) is 4.72 Å². The molecule has 1 aromatic carbocycles. The van der Waals surface area contributed by atoms with Crippen molar-refractivity contribution in [3.63, 3.8) is 0 Å². The SMILES string of the molecule is COc1ccc(S(=O)(=O)N[C@@H](CCC(=O)NC(N)=O)C(=O)NC(N)=O)cc1. The van der Waals surface area contributed by atoms with Gasteiger partial charge in [0.25, 0.3) is 0 Å². The topological polar surface area (TPSA) is 200 Å². The summed E-state index contributed by atoms with van der Waals surface area (Å²) in [6, 6.07) is 1.46. The lowest BCUT2D eigenvalue weighted by molar-refractivity contribution is -0.122. The Kier molecular flexibility index (Phi) is 7.68. The van der Waals surface area contributed by atoms with E-state index in [0.29, 0.717) is 5.75 Å². The normalized spacial score (nSPS) is 11.9. The Balaban J connectivity index is 2.96. The number of imide groups is 2. The highest BCUT2D eigenvalue weighted by atomic mass is 32.2. The molecule has 1 rings (SSSR count). The Labute approximate surface area is 154 Å². The van der Waals surface area contributed by atoms with E-state index < -0.39 is 46.4 Å². The number of rotatable bonds is 8. The summed E-state index contributed by atoms with van der Waals surface area (Å²) in [5.41, 5.74) is 9.65. The number of ether oxygens (including phenoxy) is 1. The second kappa shape index (κ2) is 9.49. The number of amides is 6. The number of carbonyl (C=O) groups excluding carboxylic acids is 4. The fourth-order valence-electron chi connectivity index (χ4n) is 1.94. The summed E-state index contributed by atoms with van der Waals surface area (Å²) >= 11 is 0. The number of primary amides is 2. The fourth-order valence-corrected chi connectivity index (χ4v) is 3.17. The van der Waals surface area contributed by atoms with Gasteiger partial charge in [0.2, 0.25) is 21.8 Å². The standard InChI is InChI=1S/C14H19N5O7S/c1-26-8-2-4-9(5-3-8)27(24,25)19-10(12(21)18-14(16)23)6-7-11(20)17-13(15)22/h2-5,10,19H,6-7H2,1H3,(H3,15,17,20,22)(H3,16,18,21,23)/t10-/m0/s1. The van der Waals surface area contributed by atoms with Crippen molar-refractivity contribution in [2.24, 2.45) is 11.5 Å². The summed E-state index contributed by atoms with van der Waals surface area (Å²) in [6.07, 6.45) is -0.793. The van der Waals surface area contributed by atoms with Crippen LogP contribution in [0.5, 0.6) is 5.75 Å². The Morgan fingerprint density at radius 1 is 1.04 bits per heavy atom. The van der Waals surface area contributed by atoms with Gasteiger partial charge in [-0.3, -0.25) is 20.2 Å². The molecule has 0 heterocycles. The number of benzene rings is 1. The highest BCUT2D eigenvalue weighted by Crippen LogP contribution is 2.16. The summed E-state index contributed by atoms with van der Waals surface area (Å²) in [5.74, 6) is -1.48. The van der Waals surface area contributed by atoms with Crippen LogP contribution in [0.25, 0.3) is 0 Å². The number of sulfonamides is 1. The van der Waals surface area contributed by atoms with Crippen LogP contribution in [0.4, 0.5) is 9.59 Å². The maximum Gasteiger partial charge on any atom is 0.318 e. The number of nitrogens with two attached hydrogens (primary N) is 2. The van der Waals surface area contributed by atoms with Gasteiger partial charge < -0.3 is 16.2 Å². The molecule has 0 saturated heterocycles. The molecule has 0 aliphatic rings. The third-order valence-corrected chi connectivity index (χ3v) is 4.64. The molecule has 148 valence electrons. The van der Waals surface area contributed by atoms with Gasteiger partial charge in [-0.25, -0.2) is 18.0 Å². The second-order valence-electron chi connectivity index (χ2n) is 5.15. The van der Waals surface area contributed by atoms with Gasteiger partial charge in [0.05, 0.1) is 12.0 Å². The summed E-state index contributed by atoms with van der Waals surface area (Å²) < 4.78 is 31.9. The maximum atomic E-state index is 12.4. The van der Waals surface area contributed by atoms with E-state index in [9.17, 15) is 27.6 Å². The van der Waals surface area contributed by atoms with Crippen LogP contribution in [0.1, 0.15) is 12.8 Å². The molecule has 1 aromatic rings. The summed E-state index contributed by atoms with van der Waals surface area (Å²) in [5, 5.41) is 3.50. The lowest BCUT2D eigenvalue weighted by Gasteiger charge is -2.17. The van der Waals surface area contributed by atoms with Crippen LogP contribution in [0.2, 0.25) is 0 Å². The second-order valence-corrected chi connectivity index (χ2v) is 6.87. The van der Waals surface area contributed by atoms with Gasteiger partial charge in [0, 0.05) is 6.42 Å². The summed E-state index contributed by atoms with van der Waals surface area (Å²) in [7, 11) is -2.77. The Morgan fingerprint density at radius 3 is 2.07 bits per heavy atom. The zero-order valence-electron chi connectivity index (χ0n) is 14.2. The summed E-state index contributed by atoms with van der Waals surface area (Å²) in [4.78, 5) is 44.8. The van der Waals surface area contributed by atoms with E-state index in [1.807, 2.05) is 0 Å². The number of carbonyl (C=O) groups is 4. The van der Waals surface area contributed by atoms with E-state index in [2.05, 4.69) is 4.72 Å². The fraction of sp³-hybridized carbons (Fsp3) is 0.286. The van der Waals surface area contributed by atoms with Crippen molar-refractivity contribution in [1.29, 1.82) is 0 Å². The van der Waals surface area contributed by atoms with Crippen LogP contribution >= 0.6 is 0 Å². The monoisotopic (exact) mass is 401 g/mol. The van der Waals surface area contributed by atoms with Gasteiger partial charge in [0.1, 0.15) is 11.8 Å². The van der Waals surface area contributed by atoms with Crippen molar-refractivity contribution < 1.29 is 32.3 Å². The molecular formula is C14H19N5O7S.